The molecule has 17 unspecified atom stereocenters. The molecule has 1 spiro atoms. The maximum atomic E-state index is 13.5. The molecule has 0 aromatic carbocycles. The molecule has 2 bridgehead atoms. The van der Waals surface area contributed by atoms with Crippen LogP contribution in [0.3, 0.4) is 0 Å². The van der Waals surface area contributed by atoms with Crippen LogP contribution in [0.1, 0.15) is 121 Å². The lowest BCUT2D eigenvalue weighted by Crippen LogP contribution is -2.62. The summed E-state index contributed by atoms with van der Waals surface area (Å²) < 4.78 is 20.0. The molecule has 3 heterocycles. The summed E-state index contributed by atoms with van der Waals surface area (Å²) in [5.74, 6) is -7.28. The SMILES string of the molecule is CCC1C=CC=CCC(C)C(O)C(C)(O)C(=O)C(C)C(O)C(C)C(=O)C(C)C(O)C(C)C=CC(=O)OC2C(C)C(CC1)OC1(CCC(C)C(C[C@@H](C)O)O1)C2C. The number of aliphatic hydroxyl groups excluding tert-OH is 4. The summed E-state index contributed by atoms with van der Waals surface area (Å²) in [4.78, 5) is 40.5. The van der Waals surface area contributed by atoms with Gasteiger partial charge < -0.3 is 39.7 Å². The number of ether oxygens (including phenoxy) is 3. The van der Waals surface area contributed by atoms with Gasteiger partial charge in [-0.2, -0.15) is 0 Å². The Hall–Kier alpha value is -2.25. The normalized spacial score (nSPS) is 45.1. The van der Waals surface area contributed by atoms with E-state index in [0.29, 0.717) is 25.7 Å². The van der Waals surface area contributed by atoms with Crippen molar-refractivity contribution in [2.75, 3.05) is 0 Å². The maximum Gasteiger partial charge on any atom is 0.330 e. The van der Waals surface area contributed by atoms with Gasteiger partial charge in [0.05, 0.1) is 36.6 Å². The van der Waals surface area contributed by atoms with Gasteiger partial charge in [0.1, 0.15) is 17.5 Å². The Morgan fingerprint density at radius 2 is 1.48 bits per heavy atom. The highest BCUT2D eigenvalue weighted by Gasteiger charge is 2.56. The van der Waals surface area contributed by atoms with Gasteiger partial charge >= 0.3 is 5.97 Å². The van der Waals surface area contributed by atoms with Crippen molar-refractivity contribution in [3.05, 3.63) is 36.5 Å². The lowest BCUT2D eigenvalue weighted by molar-refractivity contribution is -0.371. The first-order valence-corrected chi connectivity index (χ1v) is 21.2. The van der Waals surface area contributed by atoms with Gasteiger partial charge in [0, 0.05) is 48.0 Å². The van der Waals surface area contributed by atoms with E-state index in [1.807, 2.05) is 32.1 Å². The summed E-state index contributed by atoms with van der Waals surface area (Å²) in [7, 11) is 0. The summed E-state index contributed by atoms with van der Waals surface area (Å²) in [6.45, 7) is 19.1. The van der Waals surface area contributed by atoms with Gasteiger partial charge in [0.15, 0.2) is 11.6 Å². The molecule has 3 aliphatic heterocycles. The van der Waals surface area contributed by atoms with Crippen LogP contribution in [-0.4, -0.2) is 97.2 Å². The number of esters is 1. The van der Waals surface area contributed by atoms with Crippen molar-refractivity contribution in [1.29, 1.82) is 0 Å². The second-order valence-electron chi connectivity index (χ2n) is 18.0. The smallest absolute Gasteiger partial charge is 0.330 e. The molecular formula is C45H74O11. The fourth-order valence-corrected chi connectivity index (χ4v) is 9.01. The highest BCUT2D eigenvalue weighted by molar-refractivity contribution is 5.91. The Kier molecular flexibility index (Phi) is 17.7. The molecular weight excluding hydrogens is 716 g/mol. The second-order valence-corrected chi connectivity index (χ2v) is 18.0. The molecule has 0 aromatic rings. The zero-order valence-corrected chi connectivity index (χ0v) is 35.8. The van der Waals surface area contributed by atoms with Gasteiger partial charge in [-0.15, -0.1) is 0 Å². The predicted molar refractivity (Wildman–Crippen MR) is 215 cm³/mol. The van der Waals surface area contributed by atoms with Crippen LogP contribution in [0.25, 0.3) is 0 Å². The van der Waals surface area contributed by atoms with Gasteiger partial charge in [-0.25, -0.2) is 4.79 Å². The third-order valence-corrected chi connectivity index (χ3v) is 13.4. The number of hydrogen-bond donors (Lipinski definition) is 5. The molecule has 3 rings (SSSR count). The number of Topliss-reactive ketones (excluding diaryl/α,β-unsaturated/α-hetero) is 2. The van der Waals surface area contributed by atoms with E-state index >= 15 is 0 Å². The summed E-state index contributed by atoms with van der Waals surface area (Å²) in [6.07, 6.45) is 9.62. The molecule has 0 aliphatic carbocycles. The molecule has 18 atom stereocenters. The number of ketones is 2. The maximum absolute atomic E-state index is 13.5. The first-order valence-electron chi connectivity index (χ1n) is 21.2. The Balaban J connectivity index is 1.99. The van der Waals surface area contributed by atoms with Crippen molar-refractivity contribution in [3.8, 4) is 0 Å². The Bertz CT molecular complexity index is 1390. The number of allylic oxidation sites excluding steroid dienone is 4. The Labute approximate surface area is 336 Å². The van der Waals surface area contributed by atoms with Crippen LogP contribution in [0.2, 0.25) is 0 Å². The van der Waals surface area contributed by atoms with Crippen molar-refractivity contribution in [2.24, 2.45) is 53.3 Å². The van der Waals surface area contributed by atoms with Gasteiger partial charge in [-0.1, -0.05) is 92.7 Å². The lowest BCUT2D eigenvalue weighted by Gasteiger charge is -2.55. The van der Waals surface area contributed by atoms with Crippen LogP contribution < -0.4 is 0 Å². The number of carbonyl (C=O) groups is 3. The minimum absolute atomic E-state index is 0.168. The van der Waals surface area contributed by atoms with E-state index in [0.717, 1.165) is 19.3 Å². The predicted octanol–water partition coefficient (Wildman–Crippen LogP) is 5.88. The molecule has 0 saturated carbocycles. The van der Waals surface area contributed by atoms with Crippen LogP contribution in [-0.2, 0) is 28.6 Å². The largest absolute Gasteiger partial charge is 0.458 e. The van der Waals surface area contributed by atoms with Crippen molar-refractivity contribution in [3.63, 3.8) is 0 Å². The number of carbonyl (C=O) groups excluding carboxylic acids is 3. The summed E-state index contributed by atoms with van der Waals surface area (Å²) in [6, 6.07) is 0. The average Bonchev–Trinajstić information content (AvgIpc) is 3.16. The van der Waals surface area contributed by atoms with E-state index in [4.69, 9.17) is 14.2 Å². The van der Waals surface area contributed by atoms with E-state index < -0.39 is 89.0 Å². The number of aliphatic hydroxyl groups is 5. The highest BCUT2D eigenvalue weighted by atomic mass is 16.7. The van der Waals surface area contributed by atoms with Gasteiger partial charge in [0.25, 0.3) is 0 Å². The quantitative estimate of drug-likeness (QED) is 0.216. The molecule has 11 nitrogen and oxygen atoms in total. The standard InChI is InChI=1S/C45H74O11/c1-12-34-17-15-13-14-16-27(4)42(51)44(11,53)43(52)32(9)40(50)31(8)39(49)30(7)38(48)26(3)18-21-37(47)54-41-29(6)35(20-19-34)55-45(33(41)10)23-22-25(2)36(56-45)24-28(5)46/h13-15,17-18,21,25-36,38,40-42,46,48,50-51,53H,12,16,19-20,22-24H2,1-11H3/t25?,26?,27?,28-,29?,30?,31?,32?,33?,34?,35?,36?,38?,40?,41?,42?,44?,45?/m1/s1. The summed E-state index contributed by atoms with van der Waals surface area (Å²) in [5, 5.41) is 55.0. The average molecular weight is 791 g/mol. The topological polar surface area (TPSA) is 180 Å². The first-order chi connectivity index (χ1) is 26.1. The van der Waals surface area contributed by atoms with E-state index in [9.17, 15) is 39.9 Å². The van der Waals surface area contributed by atoms with Gasteiger partial charge in [-0.05, 0) is 70.1 Å². The fourth-order valence-electron chi connectivity index (χ4n) is 9.01. The van der Waals surface area contributed by atoms with Crippen LogP contribution in [0.5, 0.6) is 0 Å². The zero-order chi connectivity index (χ0) is 42.3. The minimum Gasteiger partial charge on any atom is -0.458 e. The zero-order valence-electron chi connectivity index (χ0n) is 35.8. The second kappa shape index (κ2) is 20.6. The molecule has 2 saturated heterocycles. The molecule has 0 amide bonds. The van der Waals surface area contributed by atoms with E-state index in [2.05, 4.69) is 19.9 Å². The van der Waals surface area contributed by atoms with Crippen LogP contribution >= 0.6 is 0 Å². The highest BCUT2D eigenvalue weighted by Crippen LogP contribution is 2.49. The summed E-state index contributed by atoms with van der Waals surface area (Å²) in [5.41, 5.74) is -2.18. The van der Waals surface area contributed by atoms with Gasteiger partial charge in [-0.3, -0.25) is 9.59 Å². The fraction of sp³-hybridized carbons (Fsp3) is 0.800. The van der Waals surface area contributed by atoms with Gasteiger partial charge in [0.2, 0.25) is 0 Å². The summed E-state index contributed by atoms with van der Waals surface area (Å²) >= 11 is 0. The molecule has 3 aliphatic rings. The van der Waals surface area contributed by atoms with E-state index in [-0.39, 0.29) is 35.9 Å². The monoisotopic (exact) mass is 791 g/mol. The lowest BCUT2D eigenvalue weighted by atomic mass is 9.74. The van der Waals surface area contributed by atoms with Crippen molar-refractivity contribution in [2.45, 2.75) is 175 Å². The van der Waals surface area contributed by atoms with Crippen molar-refractivity contribution in [1.82, 2.24) is 0 Å². The minimum atomic E-state index is -2.18. The van der Waals surface area contributed by atoms with Crippen LogP contribution in [0.15, 0.2) is 36.5 Å². The third-order valence-electron chi connectivity index (χ3n) is 13.4. The van der Waals surface area contributed by atoms with E-state index in [1.165, 1.54) is 39.8 Å². The number of fused-ring (bicyclic) bond motifs is 2. The van der Waals surface area contributed by atoms with Crippen LogP contribution in [0.4, 0.5) is 0 Å². The molecule has 56 heavy (non-hydrogen) atoms. The molecule has 0 aromatic heterocycles. The Morgan fingerprint density at radius 1 is 0.839 bits per heavy atom. The molecule has 0 radical (unpaired) electrons. The number of rotatable bonds is 3. The molecule has 320 valence electrons. The Morgan fingerprint density at radius 3 is 2.11 bits per heavy atom. The third kappa shape index (κ3) is 11.5. The van der Waals surface area contributed by atoms with Crippen molar-refractivity contribution < 1.29 is 54.1 Å². The first kappa shape index (κ1) is 48.1. The molecule has 11 heteroatoms. The van der Waals surface area contributed by atoms with Crippen molar-refractivity contribution >= 4 is 17.5 Å². The van der Waals surface area contributed by atoms with Crippen LogP contribution in [0, 0.1) is 53.3 Å². The number of hydrogen-bond acceptors (Lipinski definition) is 11. The molecule has 2 fully saturated rings. The molecule has 5 N–H and O–H groups in total. The van der Waals surface area contributed by atoms with E-state index in [1.54, 1.807) is 20.8 Å².